The Morgan fingerprint density at radius 2 is 2.03 bits per heavy atom. The van der Waals surface area contributed by atoms with Gasteiger partial charge in [-0.25, -0.2) is 9.78 Å². The summed E-state index contributed by atoms with van der Waals surface area (Å²) in [7, 11) is 0. The fourth-order valence-electron chi connectivity index (χ4n) is 6.85. The van der Waals surface area contributed by atoms with Gasteiger partial charge in [-0.3, -0.25) is 0 Å². The van der Waals surface area contributed by atoms with Crippen LogP contribution >= 0.6 is 0 Å². The Morgan fingerprint density at radius 1 is 1.22 bits per heavy atom. The molecule has 0 radical (unpaired) electrons. The number of aromatic nitrogens is 1. The zero-order chi connectivity index (χ0) is 21.9. The number of carbonyl (C=O) groups is 1. The van der Waals surface area contributed by atoms with Crippen LogP contribution in [0, 0.1) is 29.1 Å². The van der Waals surface area contributed by atoms with Gasteiger partial charge in [-0.1, -0.05) is 0 Å². The zero-order valence-electron chi connectivity index (χ0n) is 18.0. The molecule has 1 saturated heterocycles. The van der Waals surface area contributed by atoms with E-state index >= 15 is 0 Å². The van der Waals surface area contributed by atoms with Gasteiger partial charge in [-0.05, 0) is 86.6 Å². The van der Waals surface area contributed by atoms with Gasteiger partial charge in [0, 0.05) is 24.5 Å². The molecule has 1 aromatic carbocycles. The van der Waals surface area contributed by atoms with Gasteiger partial charge >= 0.3 is 6.09 Å². The van der Waals surface area contributed by atoms with Crippen LogP contribution in [0.3, 0.4) is 0 Å². The monoisotopic (exact) mass is 432 g/mol. The van der Waals surface area contributed by atoms with E-state index in [9.17, 15) is 9.90 Å². The number of ether oxygens (including phenoxy) is 1. The van der Waals surface area contributed by atoms with Gasteiger partial charge in [0.25, 0.3) is 0 Å². The molecule has 166 valence electrons. The average Bonchev–Trinajstić information content (AvgIpc) is 3.23. The van der Waals surface area contributed by atoms with E-state index in [1.165, 1.54) is 0 Å². The summed E-state index contributed by atoms with van der Waals surface area (Å²) in [4.78, 5) is 19.4. The number of aliphatic hydroxyl groups is 1. The van der Waals surface area contributed by atoms with Crippen LogP contribution in [0.25, 0.3) is 10.9 Å². The van der Waals surface area contributed by atoms with E-state index in [0.29, 0.717) is 36.4 Å². The number of rotatable bonds is 3. The number of benzene rings is 1. The molecular formula is C25H28N4O3. The van der Waals surface area contributed by atoms with Gasteiger partial charge in [0.2, 0.25) is 0 Å². The van der Waals surface area contributed by atoms with E-state index in [2.05, 4.69) is 16.4 Å². The smallest absolute Gasteiger partial charge is 0.410 e. The van der Waals surface area contributed by atoms with Crippen molar-refractivity contribution in [3.8, 4) is 6.07 Å². The molecule has 4 aliphatic carbocycles. The van der Waals surface area contributed by atoms with Crippen molar-refractivity contribution in [2.24, 2.45) is 17.8 Å². The van der Waals surface area contributed by atoms with Crippen molar-refractivity contribution in [3.05, 3.63) is 35.9 Å². The molecule has 1 amide bonds. The highest BCUT2D eigenvalue weighted by Crippen LogP contribution is 2.56. The van der Waals surface area contributed by atoms with Gasteiger partial charge in [0.15, 0.2) is 0 Å². The van der Waals surface area contributed by atoms with Crippen molar-refractivity contribution in [2.75, 3.05) is 18.4 Å². The quantitative estimate of drug-likeness (QED) is 0.768. The molecule has 4 bridgehead atoms. The number of pyridine rings is 1. The van der Waals surface area contributed by atoms with Crippen molar-refractivity contribution in [2.45, 2.75) is 56.3 Å². The molecule has 1 aliphatic heterocycles. The first kappa shape index (κ1) is 19.8. The summed E-state index contributed by atoms with van der Waals surface area (Å²) < 4.78 is 6.04. The van der Waals surface area contributed by atoms with Crippen molar-refractivity contribution in [1.82, 2.24) is 9.88 Å². The largest absolute Gasteiger partial charge is 0.446 e. The lowest BCUT2D eigenvalue weighted by atomic mass is 9.53. The van der Waals surface area contributed by atoms with Crippen molar-refractivity contribution < 1.29 is 14.6 Å². The normalized spacial score (nSPS) is 35.1. The van der Waals surface area contributed by atoms with Gasteiger partial charge in [0.1, 0.15) is 11.9 Å². The van der Waals surface area contributed by atoms with Crippen LogP contribution in [0.1, 0.15) is 44.1 Å². The Bertz CT molecular complexity index is 1100. The fraction of sp³-hybridized carbons (Fsp3) is 0.560. The Balaban J connectivity index is 1.07. The first-order chi connectivity index (χ1) is 15.5. The maximum Gasteiger partial charge on any atom is 0.410 e. The lowest BCUT2D eigenvalue weighted by molar-refractivity contribution is -0.177. The van der Waals surface area contributed by atoms with Crippen LogP contribution in [0.4, 0.5) is 10.6 Å². The number of carbonyl (C=O) groups excluding carboxylic acids is 1. The van der Waals surface area contributed by atoms with Crippen LogP contribution in [0.15, 0.2) is 30.3 Å². The predicted molar refractivity (Wildman–Crippen MR) is 119 cm³/mol. The number of nitrogens with one attached hydrogen (secondary N) is 1. The molecular weight excluding hydrogens is 404 g/mol. The standard InChI is InChI=1S/C25H28N4O3/c26-13-15-1-3-21-17(7-15)2-4-22(28-21)27-20-5-6-29(14-20)24(30)32-23-18-8-16-9-19(23)12-25(31,10-16)11-18/h1-4,7,16,18-20,23,31H,5-6,8-12,14H2,(H,27,28)/t16?,18-,19-,20?,23?,25?/m1/s1. The summed E-state index contributed by atoms with van der Waals surface area (Å²) in [5, 5.41) is 24.2. The highest BCUT2D eigenvalue weighted by atomic mass is 16.6. The molecule has 7 heteroatoms. The van der Waals surface area contributed by atoms with E-state index in [0.717, 1.165) is 55.2 Å². The molecule has 7 rings (SSSR count). The summed E-state index contributed by atoms with van der Waals surface area (Å²) in [5.74, 6) is 2.01. The second-order valence-corrected chi connectivity index (χ2v) is 10.3. The van der Waals surface area contributed by atoms with Crippen molar-refractivity contribution in [1.29, 1.82) is 5.26 Å². The second kappa shape index (κ2) is 7.35. The van der Waals surface area contributed by atoms with Crippen LogP contribution < -0.4 is 5.32 Å². The molecule has 2 aromatic rings. The third-order valence-electron chi connectivity index (χ3n) is 8.01. The van der Waals surface area contributed by atoms with E-state index in [4.69, 9.17) is 10.00 Å². The maximum absolute atomic E-state index is 12.9. The molecule has 32 heavy (non-hydrogen) atoms. The number of amides is 1. The average molecular weight is 433 g/mol. The Morgan fingerprint density at radius 3 is 2.78 bits per heavy atom. The molecule has 2 heterocycles. The Hall–Kier alpha value is -2.85. The SMILES string of the molecule is N#Cc1ccc2nc(NC3CCN(C(=O)OC4[C@@H]5CC6C[C@@H]4CC(O)(C6)C5)C3)ccc2c1. The maximum atomic E-state index is 12.9. The van der Waals surface area contributed by atoms with Crippen LogP contribution in [-0.4, -0.2) is 51.9 Å². The molecule has 3 atom stereocenters. The summed E-state index contributed by atoms with van der Waals surface area (Å²) in [6, 6.07) is 11.6. The molecule has 5 aliphatic rings. The summed E-state index contributed by atoms with van der Waals surface area (Å²) in [6.07, 6.45) is 5.27. The molecule has 7 nitrogen and oxygen atoms in total. The molecule has 2 N–H and O–H groups in total. The van der Waals surface area contributed by atoms with Gasteiger partial charge < -0.3 is 20.1 Å². The number of hydrogen-bond acceptors (Lipinski definition) is 6. The summed E-state index contributed by atoms with van der Waals surface area (Å²) in [5.41, 5.74) is 0.954. The Labute approximate surface area is 187 Å². The number of fused-ring (bicyclic) bond motifs is 1. The molecule has 5 fully saturated rings. The topological polar surface area (TPSA) is 98.5 Å². The van der Waals surface area contributed by atoms with Crippen molar-refractivity contribution in [3.63, 3.8) is 0 Å². The summed E-state index contributed by atoms with van der Waals surface area (Å²) >= 11 is 0. The second-order valence-electron chi connectivity index (χ2n) is 10.3. The van der Waals surface area contributed by atoms with Gasteiger partial charge in [-0.2, -0.15) is 5.26 Å². The highest BCUT2D eigenvalue weighted by molar-refractivity contribution is 5.81. The van der Waals surface area contributed by atoms with E-state index in [1.807, 2.05) is 24.3 Å². The van der Waals surface area contributed by atoms with E-state index in [1.54, 1.807) is 11.0 Å². The number of anilines is 1. The first-order valence-electron chi connectivity index (χ1n) is 11.7. The number of likely N-dealkylation sites (tertiary alicyclic amines) is 1. The third kappa shape index (κ3) is 3.47. The van der Waals surface area contributed by atoms with Gasteiger partial charge in [-0.15, -0.1) is 0 Å². The first-order valence-corrected chi connectivity index (χ1v) is 11.7. The molecule has 4 saturated carbocycles. The third-order valence-corrected chi connectivity index (χ3v) is 8.01. The Kier molecular flexibility index (Phi) is 4.55. The van der Waals surface area contributed by atoms with E-state index in [-0.39, 0.29) is 18.2 Å². The van der Waals surface area contributed by atoms with Gasteiger partial charge in [0.05, 0.1) is 22.8 Å². The zero-order valence-corrected chi connectivity index (χ0v) is 18.0. The number of nitriles is 1. The number of nitrogens with zero attached hydrogens (tertiary/aromatic N) is 3. The van der Waals surface area contributed by atoms with Crippen molar-refractivity contribution >= 4 is 22.8 Å². The van der Waals surface area contributed by atoms with E-state index < -0.39 is 5.60 Å². The van der Waals surface area contributed by atoms with Crippen LogP contribution in [0.2, 0.25) is 0 Å². The minimum Gasteiger partial charge on any atom is -0.446 e. The van der Waals surface area contributed by atoms with Crippen LogP contribution in [-0.2, 0) is 4.74 Å². The van der Waals surface area contributed by atoms with Crippen LogP contribution in [0.5, 0.6) is 0 Å². The summed E-state index contributed by atoms with van der Waals surface area (Å²) in [6.45, 7) is 1.27. The number of hydrogen-bond donors (Lipinski definition) is 2. The minimum atomic E-state index is -0.509. The lowest BCUT2D eigenvalue weighted by Crippen LogP contribution is -2.58. The molecule has 0 spiro atoms. The predicted octanol–water partition coefficient (Wildman–Crippen LogP) is 3.67. The lowest BCUT2D eigenvalue weighted by Gasteiger charge is -2.57. The fourth-order valence-corrected chi connectivity index (χ4v) is 6.85. The molecule has 1 unspecified atom stereocenters. The molecule has 1 aromatic heterocycles. The highest BCUT2D eigenvalue weighted by Gasteiger charge is 2.56. The minimum absolute atomic E-state index is 0.0354.